The molecule has 30 heavy (non-hydrogen) atoms. The summed E-state index contributed by atoms with van der Waals surface area (Å²) < 4.78 is 24.6. The van der Waals surface area contributed by atoms with Crippen LogP contribution >= 0.6 is 0 Å². The Bertz CT molecular complexity index is 949. The summed E-state index contributed by atoms with van der Waals surface area (Å²) in [5.41, 5.74) is 2.45. The second-order valence-electron chi connectivity index (χ2n) is 7.11. The van der Waals surface area contributed by atoms with Gasteiger partial charge in [-0.25, -0.2) is 9.18 Å². The monoisotopic (exact) mass is 418 g/mol. The van der Waals surface area contributed by atoms with Crippen molar-refractivity contribution in [3.63, 3.8) is 0 Å². The standard InChI is InChI=1S/C22H27FN2O5/c1-13-19(14(2)24(4)20(13)22(28)30-6)21(27)15(3)25(18(26)12-29-5)11-16-7-9-17(23)10-8-16/h7-10,15H,11-12H2,1-6H3. The molecular formula is C22H27FN2O5. The number of benzene rings is 1. The maximum Gasteiger partial charge on any atom is 0.354 e. The van der Waals surface area contributed by atoms with Crippen molar-refractivity contribution >= 4 is 17.7 Å². The quantitative estimate of drug-likeness (QED) is 0.487. The van der Waals surface area contributed by atoms with Gasteiger partial charge in [-0.05, 0) is 44.0 Å². The minimum Gasteiger partial charge on any atom is -0.464 e. The number of ether oxygens (including phenoxy) is 2. The van der Waals surface area contributed by atoms with Crippen LogP contribution in [0.2, 0.25) is 0 Å². The zero-order valence-electron chi connectivity index (χ0n) is 18.1. The third kappa shape index (κ3) is 4.59. The largest absolute Gasteiger partial charge is 0.464 e. The molecule has 0 saturated heterocycles. The van der Waals surface area contributed by atoms with Gasteiger partial charge in [-0.3, -0.25) is 9.59 Å². The molecular weight excluding hydrogens is 391 g/mol. The van der Waals surface area contributed by atoms with Crippen LogP contribution in [0.5, 0.6) is 0 Å². The highest BCUT2D eigenvalue weighted by molar-refractivity contribution is 6.06. The van der Waals surface area contributed by atoms with E-state index in [4.69, 9.17) is 9.47 Å². The van der Waals surface area contributed by atoms with E-state index in [9.17, 15) is 18.8 Å². The van der Waals surface area contributed by atoms with E-state index >= 15 is 0 Å². The molecule has 0 spiro atoms. The van der Waals surface area contributed by atoms with Crippen molar-refractivity contribution in [3.8, 4) is 0 Å². The summed E-state index contributed by atoms with van der Waals surface area (Å²) in [6, 6.07) is 4.90. The predicted octanol–water partition coefficient (Wildman–Crippen LogP) is 2.81. The molecule has 1 unspecified atom stereocenters. The molecule has 1 aromatic carbocycles. The zero-order valence-corrected chi connectivity index (χ0v) is 18.1. The first kappa shape index (κ1) is 23.3. The van der Waals surface area contributed by atoms with E-state index in [1.165, 1.54) is 31.3 Å². The summed E-state index contributed by atoms with van der Waals surface area (Å²) in [6.45, 7) is 4.97. The normalized spacial score (nSPS) is 11.8. The first-order valence-corrected chi connectivity index (χ1v) is 9.45. The molecule has 162 valence electrons. The molecule has 1 amide bonds. The van der Waals surface area contributed by atoms with Crippen LogP contribution in [0.1, 0.15) is 44.6 Å². The summed E-state index contributed by atoms with van der Waals surface area (Å²) in [7, 11) is 4.36. The van der Waals surface area contributed by atoms with Gasteiger partial charge in [0, 0.05) is 32.0 Å². The Morgan fingerprint density at radius 2 is 1.73 bits per heavy atom. The van der Waals surface area contributed by atoms with Crippen molar-refractivity contribution in [1.82, 2.24) is 9.47 Å². The van der Waals surface area contributed by atoms with Gasteiger partial charge in [-0.2, -0.15) is 0 Å². The molecule has 0 aliphatic rings. The molecule has 0 saturated carbocycles. The SMILES string of the molecule is COCC(=O)N(Cc1ccc(F)cc1)C(C)C(=O)c1c(C)c(C(=O)OC)n(C)c1C. The Hall–Kier alpha value is -3.00. The van der Waals surface area contributed by atoms with Gasteiger partial charge in [-0.1, -0.05) is 12.1 Å². The summed E-state index contributed by atoms with van der Waals surface area (Å²) in [5, 5.41) is 0. The number of carbonyl (C=O) groups excluding carboxylic acids is 3. The number of Topliss-reactive ketones (excluding diaryl/α,β-unsaturated/α-hetero) is 1. The highest BCUT2D eigenvalue weighted by atomic mass is 19.1. The number of hydrogen-bond acceptors (Lipinski definition) is 5. The molecule has 0 radical (unpaired) electrons. The number of esters is 1. The lowest BCUT2D eigenvalue weighted by Gasteiger charge is -2.28. The number of hydrogen-bond donors (Lipinski definition) is 0. The van der Waals surface area contributed by atoms with Crippen molar-refractivity contribution in [2.45, 2.75) is 33.4 Å². The topological polar surface area (TPSA) is 77.8 Å². The van der Waals surface area contributed by atoms with Crippen molar-refractivity contribution in [1.29, 1.82) is 0 Å². The lowest BCUT2D eigenvalue weighted by molar-refractivity contribution is -0.137. The highest BCUT2D eigenvalue weighted by Gasteiger charge is 2.32. The molecule has 0 N–H and O–H groups in total. The van der Waals surface area contributed by atoms with Gasteiger partial charge in [0.25, 0.3) is 0 Å². The van der Waals surface area contributed by atoms with E-state index < -0.39 is 12.0 Å². The van der Waals surface area contributed by atoms with E-state index in [1.807, 2.05) is 0 Å². The number of nitrogens with zero attached hydrogens (tertiary/aromatic N) is 2. The van der Waals surface area contributed by atoms with Crippen LogP contribution in [-0.2, 0) is 27.9 Å². The molecule has 0 aliphatic carbocycles. The maximum atomic E-state index is 13.4. The third-order valence-electron chi connectivity index (χ3n) is 5.26. The fourth-order valence-electron chi connectivity index (χ4n) is 3.51. The Balaban J connectivity index is 2.43. The lowest BCUT2D eigenvalue weighted by atomic mass is 9.99. The minimum atomic E-state index is -0.831. The number of halogens is 1. The minimum absolute atomic E-state index is 0.115. The molecule has 0 aliphatic heterocycles. The molecule has 7 nitrogen and oxygen atoms in total. The third-order valence-corrected chi connectivity index (χ3v) is 5.26. The van der Waals surface area contributed by atoms with E-state index in [0.717, 1.165) is 0 Å². The maximum absolute atomic E-state index is 13.4. The Morgan fingerprint density at radius 1 is 1.13 bits per heavy atom. The average molecular weight is 418 g/mol. The second-order valence-corrected chi connectivity index (χ2v) is 7.11. The number of rotatable bonds is 8. The number of amides is 1. The van der Waals surface area contributed by atoms with Crippen LogP contribution in [0.3, 0.4) is 0 Å². The van der Waals surface area contributed by atoms with Gasteiger partial charge in [0.15, 0.2) is 5.78 Å². The summed E-state index contributed by atoms with van der Waals surface area (Å²) >= 11 is 0. The van der Waals surface area contributed by atoms with Crippen LogP contribution in [0.25, 0.3) is 0 Å². The molecule has 0 bridgehead atoms. The number of aromatic nitrogens is 1. The van der Waals surface area contributed by atoms with Gasteiger partial charge in [0.2, 0.25) is 5.91 Å². The van der Waals surface area contributed by atoms with Gasteiger partial charge in [-0.15, -0.1) is 0 Å². The van der Waals surface area contributed by atoms with E-state index in [0.29, 0.717) is 28.1 Å². The highest BCUT2D eigenvalue weighted by Crippen LogP contribution is 2.25. The molecule has 0 fully saturated rings. The van der Waals surface area contributed by atoms with Gasteiger partial charge < -0.3 is 18.9 Å². The van der Waals surface area contributed by atoms with Gasteiger partial charge in [0.1, 0.15) is 18.1 Å². The van der Waals surface area contributed by atoms with Crippen LogP contribution in [0.15, 0.2) is 24.3 Å². The first-order valence-electron chi connectivity index (χ1n) is 9.45. The van der Waals surface area contributed by atoms with E-state index in [1.54, 1.807) is 44.5 Å². The fourth-order valence-corrected chi connectivity index (χ4v) is 3.51. The summed E-state index contributed by atoms with van der Waals surface area (Å²) in [5.74, 6) is -1.60. The van der Waals surface area contributed by atoms with Gasteiger partial charge >= 0.3 is 5.97 Å². The Morgan fingerprint density at radius 3 is 2.27 bits per heavy atom. The van der Waals surface area contributed by atoms with Crippen molar-refractivity contribution in [2.75, 3.05) is 20.8 Å². The average Bonchev–Trinajstić information content (AvgIpc) is 2.94. The van der Waals surface area contributed by atoms with Crippen LogP contribution in [0.4, 0.5) is 4.39 Å². The summed E-state index contributed by atoms with van der Waals surface area (Å²) in [4.78, 5) is 39.6. The second kappa shape index (κ2) is 9.67. The molecule has 2 rings (SSSR count). The predicted molar refractivity (Wildman–Crippen MR) is 109 cm³/mol. The Labute approximate surface area is 175 Å². The van der Waals surface area contributed by atoms with Crippen LogP contribution < -0.4 is 0 Å². The molecule has 1 aromatic heterocycles. The van der Waals surface area contributed by atoms with Crippen molar-refractivity contribution in [3.05, 3.63) is 58.2 Å². The van der Waals surface area contributed by atoms with Gasteiger partial charge in [0.05, 0.1) is 13.2 Å². The summed E-state index contributed by atoms with van der Waals surface area (Å²) in [6.07, 6.45) is 0. The van der Waals surface area contributed by atoms with Crippen molar-refractivity contribution < 1.29 is 28.2 Å². The van der Waals surface area contributed by atoms with E-state index in [2.05, 4.69) is 0 Å². The molecule has 1 heterocycles. The Kier molecular flexibility index (Phi) is 7.50. The first-order chi connectivity index (χ1) is 14.1. The number of carbonyl (C=O) groups is 3. The van der Waals surface area contributed by atoms with Crippen LogP contribution in [0, 0.1) is 19.7 Å². The molecule has 1 atom stereocenters. The lowest BCUT2D eigenvalue weighted by Crippen LogP contribution is -2.44. The molecule has 8 heteroatoms. The number of methoxy groups -OCH3 is 2. The smallest absolute Gasteiger partial charge is 0.354 e. The van der Waals surface area contributed by atoms with Crippen molar-refractivity contribution in [2.24, 2.45) is 7.05 Å². The van der Waals surface area contributed by atoms with Crippen LogP contribution in [-0.4, -0.2) is 54.0 Å². The van der Waals surface area contributed by atoms with E-state index in [-0.39, 0.29) is 30.7 Å². The zero-order chi connectivity index (χ0) is 22.6. The fraction of sp³-hybridized carbons (Fsp3) is 0.409. The number of ketones is 1. The molecule has 2 aromatic rings.